The quantitative estimate of drug-likeness (QED) is 0.649. The highest BCUT2D eigenvalue weighted by Gasteiger charge is 2.28. The highest BCUT2D eigenvalue weighted by Crippen LogP contribution is 2.33. The first-order chi connectivity index (χ1) is 6.31. The smallest absolute Gasteiger partial charge is 0.0933 e. The summed E-state index contributed by atoms with van der Waals surface area (Å²) in [5.74, 6) is 0. The van der Waals surface area contributed by atoms with E-state index in [4.69, 9.17) is 0 Å². The SMILES string of the molecule is OC1(c2ccccc2)CC=CCC1. The third-order valence-electron chi connectivity index (χ3n) is 2.66. The van der Waals surface area contributed by atoms with Gasteiger partial charge in [0.05, 0.1) is 5.60 Å². The Morgan fingerprint density at radius 1 is 1.08 bits per heavy atom. The van der Waals surface area contributed by atoms with Gasteiger partial charge in [0.1, 0.15) is 0 Å². The summed E-state index contributed by atoms with van der Waals surface area (Å²) in [6.45, 7) is 0. The van der Waals surface area contributed by atoms with Crippen LogP contribution in [0.15, 0.2) is 42.5 Å². The third kappa shape index (κ3) is 1.65. The fraction of sp³-hybridized carbons (Fsp3) is 0.333. The fourth-order valence-corrected chi connectivity index (χ4v) is 1.83. The van der Waals surface area contributed by atoms with E-state index in [1.807, 2.05) is 30.3 Å². The van der Waals surface area contributed by atoms with E-state index in [-0.39, 0.29) is 0 Å². The molecule has 0 amide bonds. The molecule has 0 bridgehead atoms. The molecule has 1 N–H and O–H groups in total. The second-order valence-electron chi connectivity index (χ2n) is 3.61. The van der Waals surface area contributed by atoms with Gasteiger partial charge in [0.2, 0.25) is 0 Å². The van der Waals surface area contributed by atoms with E-state index in [0.717, 1.165) is 24.8 Å². The van der Waals surface area contributed by atoms with E-state index in [2.05, 4.69) is 12.2 Å². The summed E-state index contributed by atoms with van der Waals surface area (Å²) in [4.78, 5) is 0. The van der Waals surface area contributed by atoms with Gasteiger partial charge in [-0.15, -0.1) is 0 Å². The molecule has 1 heteroatoms. The molecule has 0 saturated heterocycles. The second kappa shape index (κ2) is 3.35. The second-order valence-corrected chi connectivity index (χ2v) is 3.61. The van der Waals surface area contributed by atoms with Crippen LogP contribution >= 0.6 is 0 Å². The van der Waals surface area contributed by atoms with Crippen LogP contribution in [0.3, 0.4) is 0 Å². The van der Waals surface area contributed by atoms with Crippen molar-refractivity contribution < 1.29 is 5.11 Å². The highest BCUT2D eigenvalue weighted by atomic mass is 16.3. The normalized spacial score (nSPS) is 27.5. The average molecular weight is 174 g/mol. The van der Waals surface area contributed by atoms with E-state index in [1.165, 1.54) is 0 Å². The van der Waals surface area contributed by atoms with Crippen LogP contribution in [-0.2, 0) is 5.60 Å². The number of allylic oxidation sites excluding steroid dienone is 1. The average Bonchev–Trinajstić information content (AvgIpc) is 2.20. The van der Waals surface area contributed by atoms with E-state index in [1.54, 1.807) is 0 Å². The van der Waals surface area contributed by atoms with Crippen molar-refractivity contribution in [2.75, 3.05) is 0 Å². The molecule has 68 valence electrons. The van der Waals surface area contributed by atoms with Crippen LogP contribution in [0.5, 0.6) is 0 Å². The summed E-state index contributed by atoms with van der Waals surface area (Å²) in [6.07, 6.45) is 6.77. The lowest BCUT2D eigenvalue weighted by molar-refractivity contribution is 0.0274. The number of rotatable bonds is 1. The topological polar surface area (TPSA) is 20.2 Å². The van der Waals surface area contributed by atoms with Gasteiger partial charge in [-0.3, -0.25) is 0 Å². The van der Waals surface area contributed by atoms with Crippen LogP contribution in [0.25, 0.3) is 0 Å². The van der Waals surface area contributed by atoms with Gasteiger partial charge in [0.25, 0.3) is 0 Å². The van der Waals surface area contributed by atoms with Crippen LogP contribution < -0.4 is 0 Å². The molecule has 0 spiro atoms. The predicted molar refractivity (Wildman–Crippen MR) is 53.3 cm³/mol. The van der Waals surface area contributed by atoms with E-state index >= 15 is 0 Å². The molecule has 0 radical (unpaired) electrons. The minimum Gasteiger partial charge on any atom is -0.385 e. The molecule has 0 fully saturated rings. The zero-order valence-electron chi connectivity index (χ0n) is 7.61. The zero-order chi connectivity index (χ0) is 9.15. The molecule has 1 aliphatic rings. The predicted octanol–water partition coefficient (Wildman–Crippen LogP) is 2.61. The molecule has 0 saturated carbocycles. The van der Waals surface area contributed by atoms with Gasteiger partial charge in [-0.25, -0.2) is 0 Å². The van der Waals surface area contributed by atoms with Crippen molar-refractivity contribution in [1.82, 2.24) is 0 Å². The summed E-state index contributed by atoms with van der Waals surface area (Å²) in [5.41, 5.74) is 0.426. The highest BCUT2D eigenvalue weighted by molar-refractivity contribution is 5.24. The molecule has 1 aliphatic carbocycles. The third-order valence-corrected chi connectivity index (χ3v) is 2.66. The number of hydrogen-bond acceptors (Lipinski definition) is 1. The molecule has 0 aliphatic heterocycles. The van der Waals surface area contributed by atoms with Crippen molar-refractivity contribution in [3.63, 3.8) is 0 Å². The van der Waals surface area contributed by atoms with Crippen LogP contribution in [0.2, 0.25) is 0 Å². The van der Waals surface area contributed by atoms with Crippen LogP contribution in [-0.4, -0.2) is 5.11 Å². The largest absolute Gasteiger partial charge is 0.385 e. The van der Waals surface area contributed by atoms with Gasteiger partial charge in [0.15, 0.2) is 0 Å². The monoisotopic (exact) mass is 174 g/mol. The Morgan fingerprint density at radius 3 is 2.46 bits per heavy atom. The minimum absolute atomic E-state index is 0.615. The zero-order valence-corrected chi connectivity index (χ0v) is 7.61. The lowest BCUT2D eigenvalue weighted by Crippen LogP contribution is -2.26. The van der Waals surface area contributed by atoms with Gasteiger partial charge >= 0.3 is 0 Å². The van der Waals surface area contributed by atoms with Gasteiger partial charge in [0, 0.05) is 0 Å². The number of hydrogen-bond donors (Lipinski definition) is 1. The van der Waals surface area contributed by atoms with Crippen LogP contribution in [0, 0.1) is 0 Å². The molecule has 13 heavy (non-hydrogen) atoms. The van der Waals surface area contributed by atoms with Gasteiger partial charge in [-0.2, -0.15) is 0 Å². The summed E-state index contributed by atoms with van der Waals surface area (Å²) >= 11 is 0. The Bertz CT molecular complexity index is 302. The molecule has 1 aromatic carbocycles. The van der Waals surface area contributed by atoms with E-state index < -0.39 is 5.60 Å². The number of aliphatic hydroxyl groups is 1. The van der Waals surface area contributed by atoms with Gasteiger partial charge in [-0.05, 0) is 24.8 Å². The first-order valence-electron chi connectivity index (χ1n) is 4.74. The van der Waals surface area contributed by atoms with Crippen molar-refractivity contribution >= 4 is 0 Å². The van der Waals surface area contributed by atoms with Crippen molar-refractivity contribution in [2.45, 2.75) is 24.9 Å². The lowest BCUT2D eigenvalue weighted by Gasteiger charge is -2.29. The molecule has 1 aromatic rings. The van der Waals surface area contributed by atoms with Crippen molar-refractivity contribution in [3.05, 3.63) is 48.0 Å². The Morgan fingerprint density at radius 2 is 1.85 bits per heavy atom. The summed E-state index contributed by atoms with van der Waals surface area (Å²) in [7, 11) is 0. The Balaban J connectivity index is 2.29. The summed E-state index contributed by atoms with van der Waals surface area (Å²) in [5, 5.41) is 10.3. The Kier molecular flexibility index (Phi) is 2.19. The van der Waals surface area contributed by atoms with Crippen molar-refractivity contribution in [3.8, 4) is 0 Å². The van der Waals surface area contributed by atoms with E-state index in [0.29, 0.717) is 0 Å². The molecular formula is C12H14O. The molecule has 1 nitrogen and oxygen atoms in total. The lowest BCUT2D eigenvalue weighted by atomic mass is 9.83. The maximum absolute atomic E-state index is 10.3. The Labute approximate surface area is 78.7 Å². The van der Waals surface area contributed by atoms with Crippen LogP contribution in [0.1, 0.15) is 24.8 Å². The van der Waals surface area contributed by atoms with Crippen molar-refractivity contribution in [2.24, 2.45) is 0 Å². The summed E-state index contributed by atoms with van der Waals surface area (Å²) < 4.78 is 0. The standard InChI is InChI=1S/C12H14O/c13-12(9-5-2-6-10-12)11-7-3-1-4-8-11/h1-5,7-8,13H,6,9-10H2. The van der Waals surface area contributed by atoms with E-state index in [9.17, 15) is 5.11 Å². The molecule has 2 rings (SSSR count). The molecular weight excluding hydrogens is 160 g/mol. The first kappa shape index (κ1) is 8.52. The molecule has 1 atom stereocenters. The van der Waals surface area contributed by atoms with Crippen LogP contribution in [0.4, 0.5) is 0 Å². The molecule has 1 unspecified atom stereocenters. The summed E-state index contributed by atoms with van der Waals surface area (Å²) in [6, 6.07) is 9.93. The van der Waals surface area contributed by atoms with Gasteiger partial charge < -0.3 is 5.11 Å². The maximum Gasteiger partial charge on any atom is 0.0933 e. The first-order valence-corrected chi connectivity index (χ1v) is 4.74. The van der Waals surface area contributed by atoms with Gasteiger partial charge in [-0.1, -0.05) is 42.5 Å². The molecule has 0 aromatic heterocycles. The molecule has 0 heterocycles. The minimum atomic E-state index is -0.615. The number of benzene rings is 1. The fourth-order valence-electron chi connectivity index (χ4n) is 1.83. The van der Waals surface area contributed by atoms with Crippen molar-refractivity contribution in [1.29, 1.82) is 0 Å². The maximum atomic E-state index is 10.3. The Hall–Kier alpha value is -1.08.